The van der Waals surface area contributed by atoms with E-state index < -0.39 is 0 Å². The van der Waals surface area contributed by atoms with Gasteiger partial charge in [0.15, 0.2) is 5.96 Å². The van der Waals surface area contributed by atoms with Gasteiger partial charge < -0.3 is 10.6 Å². The lowest BCUT2D eigenvalue weighted by molar-refractivity contribution is 0.260. The number of fused-ring (bicyclic) bond motifs is 1. The van der Waals surface area contributed by atoms with Crippen LogP contribution in [0.1, 0.15) is 27.8 Å². The van der Waals surface area contributed by atoms with Crippen LogP contribution in [0.3, 0.4) is 0 Å². The van der Waals surface area contributed by atoms with E-state index in [9.17, 15) is 0 Å². The first kappa shape index (κ1) is 20.7. The minimum atomic E-state index is 0. The van der Waals surface area contributed by atoms with Crippen LogP contribution < -0.4 is 10.6 Å². The zero-order valence-electron chi connectivity index (χ0n) is 14.9. The fourth-order valence-electron chi connectivity index (χ4n) is 2.89. The molecule has 3 rings (SSSR count). The van der Waals surface area contributed by atoms with Gasteiger partial charge in [-0.2, -0.15) is 0 Å². The Morgan fingerprint density at radius 2 is 2.08 bits per heavy atom. The molecule has 25 heavy (non-hydrogen) atoms. The molecule has 1 aliphatic heterocycles. The fraction of sp³-hybridized carbons (Fsp3) is 0.500. The Morgan fingerprint density at radius 1 is 1.24 bits per heavy atom. The van der Waals surface area contributed by atoms with Crippen molar-refractivity contribution in [3.8, 4) is 0 Å². The number of halogens is 1. The number of hydrogen-bond donors (Lipinski definition) is 2. The molecule has 0 saturated carbocycles. The van der Waals surface area contributed by atoms with Crippen LogP contribution in [-0.2, 0) is 19.5 Å². The van der Waals surface area contributed by atoms with Gasteiger partial charge in [0.05, 0.1) is 6.54 Å². The third-order valence-electron chi connectivity index (χ3n) is 4.30. The van der Waals surface area contributed by atoms with Crippen molar-refractivity contribution in [3.63, 3.8) is 0 Å². The predicted octanol–water partition coefficient (Wildman–Crippen LogP) is 3.85. The topological polar surface area (TPSA) is 39.7 Å². The zero-order chi connectivity index (χ0) is 16.8. The molecule has 0 bridgehead atoms. The Morgan fingerprint density at radius 3 is 2.84 bits per heavy atom. The van der Waals surface area contributed by atoms with Gasteiger partial charge in [0.2, 0.25) is 0 Å². The summed E-state index contributed by atoms with van der Waals surface area (Å²) in [5.41, 5.74) is 2.85. The van der Waals surface area contributed by atoms with Crippen LogP contribution in [0, 0.1) is 6.92 Å². The standard InChI is InChI=1S/C18H26N4S2.HI/c1-3-19-18(21-12-17-14(2)5-10-24-17)20-7-9-22-8-4-16-15(13-22)6-11-23-16;/h5-6,10-11H,3-4,7-9,12-13H2,1-2H3,(H2,19,20,21);1H. The summed E-state index contributed by atoms with van der Waals surface area (Å²) < 4.78 is 0. The summed E-state index contributed by atoms with van der Waals surface area (Å²) in [4.78, 5) is 10.1. The molecule has 2 aromatic rings. The molecule has 0 amide bonds. The molecule has 7 heteroatoms. The van der Waals surface area contributed by atoms with Crippen molar-refractivity contribution in [2.24, 2.45) is 4.99 Å². The molecule has 0 unspecified atom stereocenters. The highest BCUT2D eigenvalue weighted by atomic mass is 127. The summed E-state index contributed by atoms with van der Waals surface area (Å²) in [7, 11) is 0. The van der Waals surface area contributed by atoms with Crippen molar-refractivity contribution in [2.75, 3.05) is 26.2 Å². The van der Waals surface area contributed by atoms with E-state index >= 15 is 0 Å². The third-order valence-corrected chi connectivity index (χ3v) is 6.33. The van der Waals surface area contributed by atoms with E-state index in [0.29, 0.717) is 0 Å². The molecular weight excluding hydrogens is 463 g/mol. The van der Waals surface area contributed by atoms with E-state index in [4.69, 9.17) is 4.99 Å². The smallest absolute Gasteiger partial charge is 0.191 e. The number of nitrogens with one attached hydrogen (secondary N) is 2. The first-order valence-electron chi connectivity index (χ1n) is 8.59. The Balaban J connectivity index is 0.00000225. The van der Waals surface area contributed by atoms with E-state index in [1.165, 1.54) is 22.4 Å². The van der Waals surface area contributed by atoms with Gasteiger partial charge in [-0.3, -0.25) is 4.90 Å². The molecule has 0 spiro atoms. The molecule has 138 valence electrons. The van der Waals surface area contributed by atoms with Crippen LogP contribution in [0.4, 0.5) is 0 Å². The fourth-order valence-corrected chi connectivity index (χ4v) is 4.61. The molecule has 0 fully saturated rings. The molecule has 0 aliphatic carbocycles. The van der Waals surface area contributed by atoms with Gasteiger partial charge >= 0.3 is 0 Å². The number of nitrogens with zero attached hydrogens (tertiary/aromatic N) is 2. The third kappa shape index (κ3) is 5.94. The molecule has 3 heterocycles. The minimum absolute atomic E-state index is 0. The van der Waals surface area contributed by atoms with Crippen LogP contribution in [0.15, 0.2) is 27.9 Å². The average molecular weight is 490 g/mol. The highest BCUT2D eigenvalue weighted by Gasteiger charge is 2.16. The monoisotopic (exact) mass is 490 g/mol. The summed E-state index contributed by atoms with van der Waals surface area (Å²) >= 11 is 3.68. The lowest BCUT2D eigenvalue weighted by Crippen LogP contribution is -2.42. The number of hydrogen-bond acceptors (Lipinski definition) is 4. The van der Waals surface area contributed by atoms with Gasteiger partial charge in [-0.05, 0) is 54.3 Å². The Hall–Kier alpha value is -0.640. The largest absolute Gasteiger partial charge is 0.357 e. The number of rotatable bonds is 6. The Labute approximate surface area is 175 Å². The molecule has 0 saturated heterocycles. The van der Waals surface area contributed by atoms with Gasteiger partial charge in [0, 0.05) is 42.5 Å². The van der Waals surface area contributed by atoms with E-state index in [-0.39, 0.29) is 24.0 Å². The van der Waals surface area contributed by atoms with Gasteiger partial charge in [0.25, 0.3) is 0 Å². The van der Waals surface area contributed by atoms with Crippen LogP contribution in [-0.4, -0.2) is 37.0 Å². The van der Waals surface area contributed by atoms with Crippen LogP contribution in [0.2, 0.25) is 0 Å². The number of thiophene rings is 2. The van der Waals surface area contributed by atoms with Gasteiger partial charge in [0.1, 0.15) is 0 Å². The second-order valence-electron chi connectivity index (χ2n) is 6.04. The molecule has 0 aromatic carbocycles. The van der Waals surface area contributed by atoms with Gasteiger partial charge in [-0.1, -0.05) is 0 Å². The second-order valence-corrected chi connectivity index (χ2v) is 8.05. The SMILES string of the molecule is CCNC(=NCc1sccc1C)NCCN1CCc2sccc2C1.I. The summed E-state index contributed by atoms with van der Waals surface area (Å²) in [6.07, 6.45) is 1.19. The van der Waals surface area contributed by atoms with Crippen LogP contribution in [0.5, 0.6) is 0 Å². The second kappa shape index (κ2) is 10.5. The number of aryl methyl sites for hydroxylation is 1. The molecule has 1 aliphatic rings. The minimum Gasteiger partial charge on any atom is -0.357 e. The van der Waals surface area contributed by atoms with Crippen LogP contribution >= 0.6 is 46.7 Å². The van der Waals surface area contributed by atoms with Gasteiger partial charge in [-0.25, -0.2) is 4.99 Å². The normalized spacial score (nSPS) is 14.7. The molecule has 2 aromatic heterocycles. The maximum Gasteiger partial charge on any atom is 0.191 e. The Bertz CT molecular complexity index is 680. The van der Waals surface area contributed by atoms with E-state index in [2.05, 4.69) is 52.3 Å². The summed E-state index contributed by atoms with van der Waals surface area (Å²) in [6, 6.07) is 4.43. The maximum atomic E-state index is 4.72. The first-order chi connectivity index (χ1) is 11.8. The molecule has 2 N–H and O–H groups in total. The number of guanidine groups is 1. The predicted molar refractivity (Wildman–Crippen MR) is 121 cm³/mol. The van der Waals surface area contributed by atoms with Crippen molar-refractivity contribution in [1.29, 1.82) is 0 Å². The van der Waals surface area contributed by atoms with Gasteiger partial charge in [-0.15, -0.1) is 46.7 Å². The lowest BCUT2D eigenvalue weighted by atomic mass is 10.1. The average Bonchev–Trinajstić information content (AvgIpc) is 3.21. The van der Waals surface area contributed by atoms with Crippen LogP contribution in [0.25, 0.3) is 0 Å². The summed E-state index contributed by atoms with van der Waals surface area (Å²) in [5.74, 6) is 0.915. The zero-order valence-corrected chi connectivity index (χ0v) is 18.8. The Kier molecular flexibility index (Phi) is 8.68. The number of aliphatic imine (C=N–C) groups is 1. The van der Waals surface area contributed by atoms with Crippen molar-refractivity contribution in [2.45, 2.75) is 33.4 Å². The molecule has 0 atom stereocenters. The quantitative estimate of drug-likeness (QED) is 0.367. The molecule has 4 nitrogen and oxygen atoms in total. The van der Waals surface area contributed by atoms with E-state index in [1.807, 2.05) is 11.3 Å². The van der Waals surface area contributed by atoms with Crippen molar-refractivity contribution in [1.82, 2.24) is 15.5 Å². The summed E-state index contributed by atoms with van der Waals surface area (Å²) in [5, 5.41) is 11.2. The molecular formula is C18H27IN4S2. The molecule has 0 radical (unpaired) electrons. The van der Waals surface area contributed by atoms with E-state index in [1.54, 1.807) is 16.2 Å². The lowest BCUT2D eigenvalue weighted by Gasteiger charge is -2.27. The maximum absolute atomic E-state index is 4.72. The first-order valence-corrected chi connectivity index (χ1v) is 10.3. The van der Waals surface area contributed by atoms with E-state index in [0.717, 1.165) is 45.2 Å². The highest BCUT2D eigenvalue weighted by molar-refractivity contribution is 14.0. The summed E-state index contributed by atoms with van der Waals surface area (Å²) in [6.45, 7) is 10.1. The van der Waals surface area contributed by atoms with Crippen molar-refractivity contribution >= 4 is 52.6 Å². The van der Waals surface area contributed by atoms with Crippen molar-refractivity contribution < 1.29 is 0 Å². The highest BCUT2D eigenvalue weighted by Crippen LogP contribution is 2.23. The van der Waals surface area contributed by atoms with Crippen molar-refractivity contribution in [3.05, 3.63) is 43.8 Å².